The molecular formula is C17H16FNO4S. The van der Waals surface area contributed by atoms with Crippen LogP contribution >= 0.6 is 0 Å². The lowest BCUT2D eigenvalue weighted by Gasteiger charge is -2.05. The quantitative estimate of drug-likeness (QED) is 0.843. The summed E-state index contributed by atoms with van der Waals surface area (Å²) >= 11 is 0. The molecule has 0 fully saturated rings. The number of carbonyl (C=O) groups is 1. The van der Waals surface area contributed by atoms with E-state index in [0.717, 1.165) is 6.26 Å². The molecule has 24 heavy (non-hydrogen) atoms. The first-order valence-electron chi connectivity index (χ1n) is 6.92. The van der Waals surface area contributed by atoms with Crippen LogP contribution in [0.15, 0.2) is 53.4 Å². The highest BCUT2D eigenvalue weighted by Crippen LogP contribution is 2.19. The zero-order valence-electron chi connectivity index (χ0n) is 13.1. The average molecular weight is 349 g/mol. The third-order valence-electron chi connectivity index (χ3n) is 3.13. The summed E-state index contributed by atoms with van der Waals surface area (Å²) in [6.07, 6.45) is 3.76. The highest BCUT2D eigenvalue weighted by Gasteiger charge is 2.08. The lowest BCUT2D eigenvalue weighted by Crippen LogP contribution is -2.08. The predicted octanol–water partition coefficient (Wildman–Crippen LogP) is 2.89. The highest BCUT2D eigenvalue weighted by molar-refractivity contribution is 7.90. The molecule has 0 atom stereocenters. The zero-order valence-corrected chi connectivity index (χ0v) is 13.9. The third kappa shape index (κ3) is 4.66. The first-order valence-corrected chi connectivity index (χ1v) is 8.81. The molecular weight excluding hydrogens is 333 g/mol. The van der Waals surface area contributed by atoms with Crippen molar-refractivity contribution in [3.8, 4) is 5.75 Å². The molecule has 2 rings (SSSR count). The Balaban J connectivity index is 2.09. The highest BCUT2D eigenvalue weighted by atomic mass is 32.2. The molecule has 1 N–H and O–H groups in total. The van der Waals surface area contributed by atoms with Gasteiger partial charge in [0.05, 0.1) is 12.0 Å². The summed E-state index contributed by atoms with van der Waals surface area (Å²) in [7, 11) is -1.98. The maximum absolute atomic E-state index is 13.6. The zero-order chi connectivity index (χ0) is 17.7. The maximum Gasteiger partial charge on any atom is 0.248 e. The molecule has 2 aromatic carbocycles. The third-order valence-corrected chi connectivity index (χ3v) is 4.24. The van der Waals surface area contributed by atoms with E-state index in [1.165, 1.54) is 49.6 Å². The van der Waals surface area contributed by atoms with Crippen molar-refractivity contribution in [3.63, 3.8) is 0 Å². The van der Waals surface area contributed by atoms with E-state index < -0.39 is 21.6 Å². The second-order valence-corrected chi connectivity index (χ2v) is 7.03. The number of hydrogen-bond donors (Lipinski definition) is 1. The molecule has 0 spiro atoms. The van der Waals surface area contributed by atoms with Gasteiger partial charge in [-0.3, -0.25) is 4.79 Å². The minimum Gasteiger partial charge on any atom is -0.494 e. The van der Waals surface area contributed by atoms with Crippen molar-refractivity contribution in [2.75, 3.05) is 18.7 Å². The first-order chi connectivity index (χ1) is 11.3. The summed E-state index contributed by atoms with van der Waals surface area (Å²) in [5, 5.41) is 2.55. The molecule has 7 heteroatoms. The van der Waals surface area contributed by atoms with Crippen LogP contribution in [0.3, 0.4) is 0 Å². The van der Waals surface area contributed by atoms with Crippen LogP contribution in [0.4, 0.5) is 10.1 Å². The van der Waals surface area contributed by atoms with E-state index in [2.05, 4.69) is 5.32 Å². The molecule has 0 unspecified atom stereocenters. The van der Waals surface area contributed by atoms with Gasteiger partial charge in [-0.2, -0.15) is 0 Å². The monoisotopic (exact) mass is 349 g/mol. The van der Waals surface area contributed by atoms with Crippen molar-refractivity contribution in [2.45, 2.75) is 4.90 Å². The number of rotatable bonds is 5. The van der Waals surface area contributed by atoms with Crippen molar-refractivity contribution >= 4 is 27.5 Å². The summed E-state index contributed by atoms with van der Waals surface area (Å²) in [5.41, 5.74) is 0.849. The number of nitrogens with one attached hydrogen (secondary N) is 1. The number of ether oxygens (including phenoxy) is 1. The van der Waals surface area contributed by atoms with Crippen molar-refractivity contribution in [3.05, 3.63) is 59.9 Å². The molecule has 126 valence electrons. The standard InChI is InChI=1S/C17H16FNO4S/c1-23-16-8-6-12(10-15(16)18)7-9-17(20)19-13-4-3-5-14(11-13)24(2,21)22/h3-11H,1-2H3,(H,19,20)/b9-7+. The molecule has 0 radical (unpaired) electrons. The first kappa shape index (κ1) is 17.7. The van der Waals surface area contributed by atoms with Crippen LogP contribution in [0.25, 0.3) is 6.08 Å². The van der Waals surface area contributed by atoms with Gasteiger partial charge in [-0.15, -0.1) is 0 Å². The molecule has 5 nitrogen and oxygen atoms in total. The van der Waals surface area contributed by atoms with Crippen molar-refractivity contribution in [1.82, 2.24) is 0 Å². The second kappa shape index (κ2) is 7.27. The number of amides is 1. The van der Waals surface area contributed by atoms with Crippen LogP contribution in [0.5, 0.6) is 5.75 Å². The molecule has 0 heterocycles. The fourth-order valence-electron chi connectivity index (χ4n) is 1.95. The summed E-state index contributed by atoms with van der Waals surface area (Å²) in [5.74, 6) is -0.869. The van der Waals surface area contributed by atoms with E-state index in [1.807, 2.05) is 0 Å². The Kier molecular flexibility index (Phi) is 5.35. The molecule has 0 saturated heterocycles. The fraction of sp³-hybridized carbons (Fsp3) is 0.118. The van der Waals surface area contributed by atoms with Crippen LogP contribution in [-0.2, 0) is 14.6 Å². The molecule has 1 amide bonds. The van der Waals surface area contributed by atoms with Crippen LogP contribution in [0.2, 0.25) is 0 Å². The number of anilines is 1. The van der Waals surface area contributed by atoms with Crippen LogP contribution < -0.4 is 10.1 Å². The smallest absolute Gasteiger partial charge is 0.248 e. The van der Waals surface area contributed by atoms with E-state index in [1.54, 1.807) is 12.1 Å². The van der Waals surface area contributed by atoms with E-state index in [0.29, 0.717) is 11.3 Å². The second-order valence-electron chi connectivity index (χ2n) is 5.02. The van der Waals surface area contributed by atoms with Crippen molar-refractivity contribution in [1.29, 1.82) is 0 Å². The molecule has 0 aliphatic heterocycles. The Hall–Kier alpha value is -2.67. The van der Waals surface area contributed by atoms with Gasteiger partial charge in [0.15, 0.2) is 21.4 Å². The minimum atomic E-state index is -3.35. The van der Waals surface area contributed by atoms with Crippen molar-refractivity contribution < 1.29 is 22.3 Å². The van der Waals surface area contributed by atoms with Crippen LogP contribution in [-0.4, -0.2) is 27.7 Å². The summed E-state index contributed by atoms with van der Waals surface area (Å²) in [6.45, 7) is 0. The number of benzene rings is 2. The van der Waals surface area contributed by atoms with Crippen molar-refractivity contribution in [2.24, 2.45) is 0 Å². The van der Waals surface area contributed by atoms with Gasteiger partial charge in [0, 0.05) is 18.0 Å². The molecule has 0 saturated carbocycles. The lowest BCUT2D eigenvalue weighted by molar-refractivity contribution is -0.111. The Labute approximate surface area is 139 Å². The minimum absolute atomic E-state index is 0.113. The number of sulfone groups is 1. The maximum atomic E-state index is 13.6. The fourth-order valence-corrected chi connectivity index (χ4v) is 2.61. The molecule has 0 aliphatic rings. The van der Waals surface area contributed by atoms with Gasteiger partial charge in [-0.25, -0.2) is 12.8 Å². The van der Waals surface area contributed by atoms with Gasteiger partial charge in [0.2, 0.25) is 5.91 Å². The normalized spacial score (nSPS) is 11.5. The summed E-state index contributed by atoms with van der Waals surface area (Å²) < 4.78 is 41.4. The molecule has 2 aromatic rings. The average Bonchev–Trinajstić information content (AvgIpc) is 2.52. The van der Waals surface area contributed by atoms with Crippen LogP contribution in [0.1, 0.15) is 5.56 Å². The number of halogens is 1. The van der Waals surface area contributed by atoms with Gasteiger partial charge in [-0.05, 0) is 42.0 Å². The Morgan fingerprint density at radius 2 is 1.96 bits per heavy atom. The number of hydrogen-bond acceptors (Lipinski definition) is 4. The van der Waals surface area contributed by atoms with Crippen LogP contribution in [0, 0.1) is 5.82 Å². The van der Waals surface area contributed by atoms with E-state index in [4.69, 9.17) is 4.74 Å². The van der Waals surface area contributed by atoms with E-state index >= 15 is 0 Å². The number of carbonyl (C=O) groups excluding carboxylic acids is 1. The van der Waals surface area contributed by atoms with Gasteiger partial charge >= 0.3 is 0 Å². The molecule has 0 bridgehead atoms. The Morgan fingerprint density at radius 3 is 2.58 bits per heavy atom. The topological polar surface area (TPSA) is 72.5 Å². The predicted molar refractivity (Wildman–Crippen MR) is 90.2 cm³/mol. The largest absolute Gasteiger partial charge is 0.494 e. The van der Waals surface area contributed by atoms with Gasteiger partial charge < -0.3 is 10.1 Å². The SMILES string of the molecule is COc1ccc(/C=C/C(=O)Nc2cccc(S(C)(=O)=O)c2)cc1F. The van der Waals surface area contributed by atoms with Gasteiger partial charge in [-0.1, -0.05) is 12.1 Å². The van der Waals surface area contributed by atoms with Gasteiger partial charge in [0.25, 0.3) is 0 Å². The summed E-state index contributed by atoms with van der Waals surface area (Å²) in [6, 6.07) is 10.2. The summed E-state index contributed by atoms with van der Waals surface area (Å²) in [4.78, 5) is 12.0. The Morgan fingerprint density at radius 1 is 1.21 bits per heavy atom. The van der Waals surface area contributed by atoms with Gasteiger partial charge in [0.1, 0.15) is 0 Å². The van der Waals surface area contributed by atoms with E-state index in [-0.39, 0.29) is 10.6 Å². The molecule has 0 aliphatic carbocycles. The Bertz CT molecular complexity index is 891. The number of methoxy groups -OCH3 is 1. The molecule has 0 aromatic heterocycles. The lowest BCUT2D eigenvalue weighted by atomic mass is 10.2. The van der Waals surface area contributed by atoms with E-state index in [9.17, 15) is 17.6 Å².